The van der Waals surface area contributed by atoms with E-state index in [1.807, 2.05) is 32.0 Å². The largest absolute Gasteiger partial charge is 0.508 e. The van der Waals surface area contributed by atoms with Crippen molar-refractivity contribution in [3.05, 3.63) is 124 Å². The van der Waals surface area contributed by atoms with E-state index in [1.165, 1.54) is 35.1 Å². The van der Waals surface area contributed by atoms with Gasteiger partial charge in [-0.25, -0.2) is 0 Å². The Hall–Kier alpha value is -5.15. The quantitative estimate of drug-likeness (QED) is 0.130. The first-order chi connectivity index (χ1) is 28.3. The first-order valence-corrected chi connectivity index (χ1v) is 21.7. The van der Waals surface area contributed by atoms with E-state index in [4.69, 9.17) is 4.74 Å². The molecule has 3 amide bonds. The third kappa shape index (κ3) is 8.24. The molecule has 0 radical (unpaired) electrons. The summed E-state index contributed by atoms with van der Waals surface area (Å²) < 4.78 is 6.30. The van der Waals surface area contributed by atoms with Crippen LogP contribution < -0.4 is 15.0 Å². The van der Waals surface area contributed by atoms with Gasteiger partial charge < -0.3 is 24.5 Å². The number of benzene rings is 4. The minimum atomic E-state index is -0.588. The Morgan fingerprint density at radius 3 is 2.38 bits per heavy atom. The van der Waals surface area contributed by atoms with Crippen molar-refractivity contribution in [2.24, 2.45) is 5.41 Å². The third-order valence-electron chi connectivity index (χ3n) is 13.4. The van der Waals surface area contributed by atoms with Crippen molar-refractivity contribution >= 4 is 23.4 Å². The number of fused-ring (bicyclic) bond motifs is 2. The number of likely N-dealkylation sites (tertiary alicyclic amines) is 1. The van der Waals surface area contributed by atoms with Crippen molar-refractivity contribution in [3.8, 4) is 11.5 Å². The normalized spacial score (nSPS) is 22.8. The maximum Gasteiger partial charge on any atom is 0.255 e. The molecule has 5 aliphatic rings. The fraction of sp³-hybridized carbons (Fsp3) is 0.449. The van der Waals surface area contributed by atoms with Crippen LogP contribution in [0.5, 0.6) is 11.5 Å². The fourth-order valence-corrected chi connectivity index (χ4v) is 10.4. The number of rotatable bonds is 9. The number of hydrogen-bond acceptors (Lipinski definition) is 7. The van der Waals surface area contributed by atoms with Gasteiger partial charge in [0.1, 0.15) is 17.5 Å². The van der Waals surface area contributed by atoms with Crippen LogP contribution in [0.4, 0.5) is 5.69 Å². The minimum Gasteiger partial charge on any atom is -0.508 e. The van der Waals surface area contributed by atoms with Crippen molar-refractivity contribution in [1.29, 1.82) is 0 Å². The molecule has 3 saturated heterocycles. The maximum absolute atomic E-state index is 13.2. The van der Waals surface area contributed by atoms with Gasteiger partial charge in [0.2, 0.25) is 11.8 Å². The lowest BCUT2D eigenvalue weighted by molar-refractivity contribution is -0.136. The van der Waals surface area contributed by atoms with Crippen molar-refractivity contribution in [3.63, 3.8) is 0 Å². The van der Waals surface area contributed by atoms with Crippen LogP contribution in [0.2, 0.25) is 0 Å². The summed E-state index contributed by atoms with van der Waals surface area (Å²) in [6.45, 7) is 10.4. The van der Waals surface area contributed by atoms with E-state index in [0.717, 1.165) is 81.8 Å². The molecule has 3 fully saturated rings. The molecule has 9 rings (SSSR count). The van der Waals surface area contributed by atoms with Crippen LogP contribution in [0.25, 0.3) is 0 Å². The van der Waals surface area contributed by atoms with Crippen molar-refractivity contribution in [1.82, 2.24) is 15.1 Å². The van der Waals surface area contributed by atoms with Gasteiger partial charge in [0.25, 0.3) is 5.91 Å². The highest BCUT2D eigenvalue weighted by molar-refractivity contribution is 6.05. The number of hydrogen-bond donors (Lipinski definition) is 2. The predicted molar refractivity (Wildman–Crippen MR) is 227 cm³/mol. The molecule has 304 valence electrons. The van der Waals surface area contributed by atoms with Crippen molar-refractivity contribution < 1.29 is 24.2 Å². The second kappa shape index (κ2) is 17.4. The van der Waals surface area contributed by atoms with Gasteiger partial charge in [-0.2, -0.15) is 0 Å². The van der Waals surface area contributed by atoms with Crippen LogP contribution in [-0.2, 0) is 22.6 Å². The van der Waals surface area contributed by atoms with Crippen LogP contribution in [0.1, 0.15) is 115 Å². The van der Waals surface area contributed by atoms with Gasteiger partial charge in [-0.1, -0.05) is 62.4 Å². The molecule has 9 heteroatoms. The molecule has 0 saturated carbocycles. The molecule has 2 N–H and O–H groups in total. The Bertz CT molecular complexity index is 2090. The summed E-state index contributed by atoms with van der Waals surface area (Å²) in [6, 6.07) is 31.0. The van der Waals surface area contributed by atoms with Crippen molar-refractivity contribution in [2.75, 3.05) is 44.2 Å². The number of ether oxygens (including phenoxy) is 1. The number of anilines is 1. The number of phenols is 1. The van der Waals surface area contributed by atoms with Gasteiger partial charge in [-0.15, -0.1) is 0 Å². The molecule has 3 unspecified atom stereocenters. The number of phenolic OH excluding ortho intramolecular Hbond substituents is 1. The molecular formula is C49H58N4O5. The maximum atomic E-state index is 13.2. The first-order valence-electron chi connectivity index (χ1n) is 21.7. The molecule has 4 aromatic rings. The summed E-state index contributed by atoms with van der Waals surface area (Å²) >= 11 is 0. The monoisotopic (exact) mass is 782 g/mol. The SMILES string of the molecule is CC.O=C1CCC(N2Cc3cc(N4CCC5(CCCN(CCCOc6ccc(C7c8ccc(O)cc8CCC7c7ccccc7)cc6)C5)CC4)ccc3C2=O)C(=O)N1. The molecule has 9 nitrogen and oxygen atoms in total. The van der Waals surface area contributed by atoms with E-state index in [2.05, 4.69) is 87.9 Å². The molecule has 58 heavy (non-hydrogen) atoms. The number of aromatic hydroxyl groups is 1. The predicted octanol–water partition coefficient (Wildman–Crippen LogP) is 8.19. The Labute approximate surface area is 343 Å². The number of aryl methyl sites for hydroxylation is 1. The van der Waals surface area contributed by atoms with E-state index in [9.17, 15) is 19.5 Å². The average molecular weight is 783 g/mol. The summed E-state index contributed by atoms with van der Waals surface area (Å²) in [5.74, 6) is 1.10. The lowest BCUT2D eigenvalue weighted by Crippen LogP contribution is -2.52. The average Bonchev–Trinajstić information content (AvgIpc) is 3.58. The Kier molecular flexibility index (Phi) is 11.9. The number of amides is 3. The highest BCUT2D eigenvalue weighted by Crippen LogP contribution is 2.47. The minimum absolute atomic E-state index is 0.120. The van der Waals surface area contributed by atoms with E-state index in [1.54, 1.807) is 4.90 Å². The molecule has 4 heterocycles. The zero-order valence-electron chi connectivity index (χ0n) is 34.1. The molecule has 4 aromatic carbocycles. The van der Waals surface area contributed by atoms with Gasteiger partial charge in [-0.05, 0) is 140 Å². The van der Waals surface area contributed by atoms with Gasteiger partial charge in [0.05, 0.1) is 6.61 Å². The van der Waals surface area contributed by atoms with Crippen LogP contribution >= 0.6 is 0 Å². The number of carbonyl (C=O) groups excluding carboxylic acids is 3. The topological polar surface area (TPSA) is 102 Å². The van der Waals surface area contributed by atoms with E-state index < -0.39 is 6.04 Å². The number of carbonyl (C=O) groups is 3. The fourth-order valence-electron chi connectivity index (χ4n) is 10.4. The van der Waals surface area contributed by atoms with E-state index >= 15 is 0 Å². The lowest BCUT2D eigenvalue weighted by Gasteiger charge is -2.48. The summed E-state index contributed by atoms with van der Waals surface area (Å²) in [4.78, 5) is 44.1. The summed E-state index contributed by atoms with van der Waals surface area (Å²) in [5.41, 5.74) is 8.32. The van der Waals surface area contributed by atoms with Gasteiger partial charge in [0.15, 0.2) is 0 Å². The molecule has 4 aliphatic heterocycles. The van der Waals surface area contributed by atoms with Gasteiger partial charge in [-0.3, -0.25) is 19.7 Å². The number of imide groups is 1. The molecule has 1 spiro atoms. The highest BCUT2D eigenvalue weighted by Gasteiger charge is 2.41. The smallest absolute Gasteiger partial charge is 0.255 e. The van der Waals surface area contributed by atoms with E-state index in [0.29, 0.717) is 42.2 Å². The number of nitrogens with zero attached hydrogens (tertiary/aromatic N) is 3. The summed E-state index contributed by atoms with van der Waals surface area (Å²) in [6.07, 6.45) is 8.46. The second-order valence-corrected chi connectivity index (χ2v) is 16.8. The number of nitrogens with one attached hydrogen (secondary N) is 1. The summed E-state index contributed by atoms with van der Waals surface area (Å²) in [7, 11) is 0. The van der Waals surface area contributed by atoms with Crippen LogP contribution in [0.15, 0.2) is 91.0 Å². The second-order valence-electron chi connectivity index (χ2n) is 16.8. The molecule has 0 bridgehead atoms. The zero-order valence-corrected chi connectivity index (χ0v) is 34.1. The molecule has 3 atom stereocenters. The lowest BCUT2D eigenvalue weighted by atomic mass is 9.69. The van der Waals surface area contributed by atoms with E-state index in [-0.39, 0.29) is 30.1 Å². The molecular weight excluding hydrogens is 725 g/mol. The van der Waals surface area contributed by atoms with Crippen LogP contribution in [0, 0.1) is 5.41 Å². The Morgan fingerprint density at radius 2 is 1.60 bits per heavy atom. The zero-order chi connectivity index (χ0) is 40.2. The van der Waals surface area contributed by atoms with Gasteiger partial charge in [0, 0.05) is 56.3 Å². The number of piperidine rings is 3. The third-order valence-corrected chi connectivity index (χ3v) is 13.4. The molecule has 1 aliphatic carbocycles. The first kappa shape index (κ1) is 39.7. The Morgan fingerprint density at radius 1 is 0.810 bits per heavy atom. The Balaban J connectivity index is 0.00000231. The highest BCUT2D eigenvalue weighted by atomic mass is 16.5. The molecule has 0 aromatic heterocycles. The van der Waals surface area contributed by atoms with Crippen molar-refractivity contribution in [2.45, 2.75) is 96.1 Å². The van der Waals surface area contributed by atoms with Crippen LogP contribution in [-0.4, -0.2) is 78.0 Å². The summed E-state index contributed by atoms with van der Waals surface area (Å²) in [5, 5.41) is 12.6. The van der Waals surface area contributed by atoms with Gasteiger partial charge >= 0.3 is 0 Å². The van der Waals surface area contributed by atoms with Crippen LogP contribution in [0.3, 0.4) is 0 Å². The standard InChI is InChI=1S/C47H52N4O5.C2H6/c52-37-12-17-40-34(29-37)10-15-39(32-6-2-1-3-7-32)44(40)33-8-13-38(14-9-33)56-27-5-24-49-23-4-20-47(31-49)21-25-50(26-22-47)36-11-16-41-35(28-36)30-51(46(41)55)42-18-19-43(53)48-45(42)54;1-2/h1-3,6-9,11-14,16-17,28-29,39,42,44,52H,4-5,10,15,18-27,30-31H2,(H,48,53,54);1-2H3.